The van der Waals surface area contributed by atoms with Gasteiger partial charge in [-0.15, -0.1) is 0 Å². The van der Waals surface area contributed by atoms with E-state index in [0.29, 0.717) is 19.3 Å². The van der Waals surface area contributed by atoms with Crippen molar-refractivity contribution < 1.29 is 13.6 Å². The molecule has 1 aromatic rings. The molecule has 0 unspecified atom stereocenters. The van der Waals surface area contributed by atoms with Crippen molar-refractivity contribution in [3.05, 3.63) is 35.4 Å². The van der Waals surface area contributed by atoms with E-state index >= 15 is 0 Å². The van der Waals surface area contributed by atoms with E-state index in [1.54, 1.807) is 0 Å². The number of benzene rings is 1. The van der Waals surface area contributed by atoms with Crippen LogP contribution in [-0.4, -0.2) is 5.78 Å². The number of hydrogen-bond donors (Lipinski definition) is 0. The fraction of sp³-hybridized carbons (Fsp3) is 0.462. The lowest BCUT2D eigenvalue weighted by atomic mass is 10.0. The normalized spacial score (nSPS) is 15.1. The van der Waals surface area contributed by atoms with Crippen molar-refractivity contribution in [3.63, 3.8) is 0 Å². The summed E-state index contributed by atoms with van der Waals surface area (Å²) in [5, 5.41) is 0. The molecule has 2 rings (SSSR count). The second kappa shape index (κ2) is 4.73. The van der Waals surface area contributed by atoms with Crippen LogP contribution in [-0.2, 0) is 11.2 Å². The molecule has 0 heterocycles. The molecule has 16 heavy (non-hydrogen) atoms. The minimum absolute atomic E-state index is 0.103. The van der Waals surface area contributed by atoms with E-state index in [2.05, 4.69) is 0 Å². The number of carbonyl (C=O) groups is 1. The van der Waals surface area contributed by atoms with Gasteiger partial charge < -0.3 is 0 Å². The van der Waals surface area contributed by atoms with Crippen molar-refractivity contribution >= 4 is 5.78 Å². The SMILES string of the molecule is O=C(CCCc1c(F)cccc1F)C1CC1. The summed E-state index contributed by atoms with van der Waals surface area (Å²) in [5.74, 6) is -0.542. The van der Waals surface area contributed by atoms with E-state index in [0.717, 1.165) is 12.8 Å². The third kappa shape index (κ3) is 2.65. The molecule has 0 N–H and O–H groups in total. The van der Waals surface area contributed by atoms with Gasteiger partial charge in [-0.2, -0.15) is 0 Å². The summed E-state index contributed by atoms with van der Waals surface area (Å²) in [6.45, 7) is 0. The van der Waals surface area contributed by atoms with Crippen LogP contribution >= 0.6 is 0 Å². The summed E-state index contributed by atoms with van der Waals surface area (Å²) in [7, 11) is 0. The Bertz CT molecular complexity index is 377. The van der Waals surface area contributed by atoms with Gasteiger partial charge in [0.25, 0.3) is 0 Å². The molecule has 1 fully saturated rings. The lowest BCUT2D eigenvalue weighted by Gasteiger charge is -2.04. The third-order valence-corrected chi connectivity index (χ3v) is 2.94. The molecular weight excluding hydrogens is 210 g/mol. The number of rotatable bonds is 5. The summed E-state index contributed by atoms with van der Waals surface area (Å²) < 4.78 is 26.4. The Balaban J connectivity index is 1.86. The van der Waals surface area contributed by atoms with Gasteiger partial charge in [0.15, 0.2) is 0 Å². The Morgan fingerprint density at radius 3 is 2.44 bits per heavy atom. The summed E-state index contributed by atoms with van der Waals surface area (Å²) >= 11 is 0. The van der Waals surface area contributed by atoms with Crippen LogP contribution in [0.15, 0.2) is 18.2 Å². The maximum atomic E-state index is 13.2. The molecular formula is C13H14F2O. The van der Waals surface area contributed by atoms with Crippen molar-refractivity contribution in [2.45, 2.75) is 32.1 Å². The number of halogens is 2. The van der Waals surface area contributed by atoms with E-state index in [9.17, 15) is 13.6 Å². The first-order valence-corrected chi connectivity index (χ1v) is 5.64. The summed E-state index contributed by atoms with van der Waals surface area (Å²) in [6, 6.07) is 3.85. The largest absolute Gasteiger partial charge is 0.299 e. The van der Waals surface area contributed by atoms with Gasteiger partial charge in [-0.05, 0) is 37.8 Å². The third-order valence-electron chi connectivity index (χ3n) is 2.94. The fourth-order valence-electron chi connectivity index (χ4n) is 1.82. The van der Waals surface area contributed by atoms with Crippen LogP contribution in [0.3, 0.4) is 0 Å². The molecule has 0 radical (unpaired) electrons. The molecule has 0 bridgehead atoms. The smallest absolute Gasteiger partial charge is 0.135 e. The summed E-state index contributed by atoms with van der Waals surface area (Å²) in [4.78, 5) is 11.4. The van der Waals surface area contributed by atoms with Crippen LogP contribution in [0.25, 0.3) is 0 Å². The quantitative estimate of drug-likeness (QED) is 0.750. The fourth-order valence-corrected chi connectivity index (χ4v) is 1.82. The van der Waals surface area contributed by atoms with Crippen LogP contribution in [0.4, 0.5) is 8.78 Å². The van der Waals surface area contributed by atoms with Crippen LogP contribution in [0.2, 0.25) is 0 Å². The van der Waals surface area contributed by atoms with E-state index in [1.807, 2.05) is 0 Å². The molecule has 0 spiro atoms. The van der Waals surface area contributed by atoms with Crippen molar-refractivity contribution in [2.75, 3.05) is 0 Å². The molecule has 86 valence electrons. The predicted octanol–water partition coefficient (Wildman–Crippen LogP) is 3.27. The Morgan fingerprint density at radius 1 is 1.25 bits per heavy atom. The average Bonchev–Trinajstić information content (AvgIpc) is 3.05. The molecule has 1 saturated carbocycles. The van der Waals surface area contributed by atoms with Gasteiger partial charge in [0.2, 0.25) is 0 Å². The van der Waals surface area contributed by atoms with E-state index in [4.69, 9.17) is 0 Å². The van der Waals surface area contributed by atoms with Crippen LogP contribution in [0.5, 0.6) is 0 Å². The molecule has 0 aliphatic heterocycles. The van der Waals surface area contributed by atoms with Crippen molar-refractivity contribution in [2.24, 2.45) is 5.92 Å². The Morgan fingerprint density at radius 2 is 1.88 bits per heavy atom. The van der Waals surface area contributed by atoms with Gasteiger partial charge in [-0.3, -0.25) is 4.79 Å². The Kier molecular flexibility index (Phi) is 3.32. The molecule has 1 aromatic carbocycles. The Hall–Kier alpha value is -1.25. The number of carbonyl (C=O) groups excluding carboxylic acids is 1. The maximum absolute atomic E-state index is 13.2. The first-order chi connectivity index (χ1) is 7.68. The topological polar surface area (TPSA) is 17.1 Å². The molecule has 1 nitrogen and oxygen atoms in total. The number of Topliss-reactive ketones (excluding diaryl/α,β-unsaturated/α-hetero) is 1. The molecule has 3 heteroatoms. The van der Waals surface area contributed by atoms with Gasteiger partial charge in [0.05, 0.1) is 0 Å². The highest BCUT2D eigenvalue weighted by Crippen LogP contribution is 2.31. The molecule has 0 amide bonds. The zero-order valence-corrected chi connectivity index (χ0v) is 9.01. The van der Waals surface area contributed by atoms with Crippen LogP contribution < -0.4 is 0 Å². The summed E-state index contributed by atoms with van der Waals surface area (Å²) in [6.07, 6.45) is 3.27. The minimum Gasteiger partial charge on any atom is -0.299 e. The van der Waals surface area contributed by atoms with E-state index in [1.165, 1.54) is 18.2 Å². The highest BCUT2D eigenvalue weighted by molar-refractivity contribution is 5.83. The zero-order valence-electron chi connectivity index (χ0n) is 9.01. The minimum atomic E-state index is -0.515. The van der Waals surface area contributed by atoms with Crippen molar-refractivity contribution in [1.29, 1.82) is 0 Å². The molecule has 0 atom stereocenters. The van der Waals surface area contributed by atoms with E-state index in [-0.39, 0.29) is 17.3 Å². The molecule has 0 saturated heterocycles. The number of ketones is 1. The second-order valence-electron chi connectivity index (χ2n) is 4.29. The lowest BCUT2D eigenvalue weighted by Crippen LogP contribution is -2.02. The lowest BCUT2D eigenvalue weighted by molar-refractivity contribution is -0.120. The molecule has 1 aliphatic carbocycles. The first-order valence-electron chi connectivity index (χ1n) is 5.64. The number of hydrogen-bond acceptors (Lipinski definition) is 1. The summed E-state index contributed by atoms with van der Waals surface area (Å²) in [5.41, 5.74) is 0.103. The second-order valence-corrected chi connectivity index (χ2v) is 4.29. The highest BCUT2D eigenvalue weighted by Gasteiger charge is 2.28. The maximum Gasteiger partial charge on any atom is 0.135 e. The standard InChI is InChI=1S/C13H14F2O/c14-11-4-2-5-12(15)10(11)3-1-6-13(16)9-7-8-9/h2,4-5,9H,1,3,6-8H2. The van der Waals surface area contributed by atoms with Crippen LogP contribution in [0.1, 0.15) is 31.2 Å². The highest BCUT2D eigenvalue weighted by atomic mass is 19.1. The van der Waals surface area contributed by atoms with Crippen molar-refractivity contribution in [1.82, 2.24) is 0 Å². The molecule has 1 aliphatic rings. The van der Waals surface area contributed by atoms with E-state index < -0.39 is 11.6 Å². The van der Waals surface area contributed by atoms with Crippen molar-refractivity contribution in [3.8, 4) is 0 Å². The first kappa shape index (κ1) is 11.2. The van der Waals surface area contributed by atoms with Crippen LogP contribution in [0, 0.1) is 17.6 Å². The van der Waals surface area contributed by atoms with Gasteiger partial charge >= 0.3 is 0 Å². The predicted molar refractivity (Wildman–Crippen MR) is 57.0 cm³/mol. The molecule has 0 aromatic heterocycles. The van der Waals surface area contributed by atoms with Gasteiger partial charge in [-0.1, -0.05) is 6.07 Å². The Labute approximate surface area is 93.5 Å². The van der Waals surface area contributed by atoms with Gasteiger partial charge in [0.1, 0.15) is 17.4 Å². The van der Waals surface area contributed by atoms with Gasteiger partial charge in [-0.25, -0.2) is 8.78 Å². The van der Waals surface area contributed by atoms with Gasteiger partial charge in [0, 0.05) is 17.9 Å². The average molecular weight is 224 g/mol. The monoisotopic (exact) mass is 224 g/mol. The zero-order chi connectivity index (χ0) is 11.5.